The second kappa shape index (κ2) is 9.29. The summed E-state index contributed by atoms with van der Waals surface area (Å²) < 4.78 is 58.0. The van der Waals surface area contributed by atoms with E-state index in [1.165, 1.54) is 24.3 Å². The van der Waals surface area contributed by atoms with E-state index in [4.69, 9.17) is 46.4 Å². The number of sulfonamides is 2. The minimum absolute atomic E-state index is 0.0989. The smallest absolute Gasteiger partial charge is 0.199 e. The van der Waals surface area contributed by atoms with Crippen LogP contribution in [0, 0.1) is 13.8 Å². The highest BCUT2D eigenvalue weighted by Gasteiger charge is 2.32. The van der Waals surface area contributed by atoms with Crippen LogP contribution in [0.3, 0.4) is 0 Å². The normalized spacial score (nSPS) is 15.3. The summed E-state index contributed by atoms with van der Waals surface area (Å²) in [5.74, 6) is 0. The van der Waals surface area contributed by atoms with Crippen molar-refractivity contribution < 1.29 is 16.8 Å². The van der Waals surface area contributed by atoms with Crippen LogP contribution in [0.15, 0.2) is 87.2 Å². The van der Waals surface area contributed by atoms with Crippen LogP contribution in [-0.4, -0.2) is 28.3 Å². The van der Waals surface area contributed by atoms with Crippen LogP contribution in [-0.2, 0) is 20.0 Å². The largest absolute Gasteiger partial charge is 0.282 e. The molecule has 2 aromatic rings. The molecule has 0 bridgehead atoms. The van der Waals surface area contributed by atoms with E-state index >= 15 is 0 Å². The van der Waals surface area contributed by atoms with Crippen LogP contribution in [0.25, 0.3) is 0 Å². The molecule has 2 aromatic carbocycles. The van der Waals surface area contributed by atoms with Crippen LogP contribution in [0.4, 0.5) is 0 Å². The standard InChI is InChI=1S/C20H14Cl4N2O4S2/c1-11-3-7-13(8-4-11)31(27,28)25-19-15(21)17(23)20(18(24)16(19)22)26-32(29,30)14-9-5-12(2)6-10-14/h3-10H,1-2H3. The maximum absolute atomic E-state index is 12.7. The summed E-state index contributed by atoms with van der Waals surface area (Å²) in [7, 11) is -8.43. The maximum Gasteiger partial charge on any atom is 0.282 e. The Labute approximate surface area is 206 Å². The van der Waals surface area contributed by atoms with Crippen LogP contribution >= 0.6 is 46.4 Å². The first-order chi connectivity index (χ1) is 14.8. The molecule has 3 rings (SSSR count). The van der Waals surface area contributed by atoms with Crippen molar-refractivity contribution in [2.75, 3.05) is 0 Å². The third-order valence-electron chi connectivity index (χ3n) is 4.28. The topological polar surface area (TPSA) is 93.0 Å². The summed E-state index contributed by atoms with van der Waals surface area (Å²) in [4.78, 5) is -0.198. The number of allylic oxidation sites excluding steroid dienone is 4. The van der Waals surface area contributed by atoms with E-state index in [0.29, 0.717) is 0 Å². The molecule has 0 heterocycles. The molecule has 0 amide bonds. The van der Waals surface area contributed by atoms with Gasteiger partial charge in [-0.15, -0.1) is 0 Å². The summed E-state index contributed by atoms with van der Waals surface area (Å²) in [6, 6.07) is 11.9. The molecule has 0 radical (unpaired) electrons. The Morgan fingerprint density at radius 3 is 1.03 bits per heavy atom. The molecule has 168 valence electrons. The first-order valence-electron chi connectivity index (χ1n) is 8.79. The Hall–Kier alpha value is -1.68. The number of hydrogen-bond acceptors (Lipinski definition) is 4. The van der Waals surface area contributed by atoms with Gasteiger partial charge in [-0.2, -0.15) is 25.6 Å². The molecular formula is C20H14Cl4N2O4S2. The third-order valence-corrected chi connectivity index (χ3v) is 8.52. The molecule has 32 heavy (non-hydrogen) atoms. The van der Waals surface area contributed by atoms with Crippen molar-refractivity contribution in [2.24, 2.45) is 8.80 Å². The van der Waals surface area contributed by atoms with E-state index in [-0.39, 0.29) is 9.79 Å². The lowest BCUT2D eigenvalue weighted by atomic mass is 10.1. The Morgan fingerprint density at radius 1 is 0.531 bits per heavy atom. The van der Waals surface area contributed by atoms with Gasteiger partial charge in [-0.1, -0.05) is 81.8 Å². The average molecular weight is 552 g/mol. The van der Waals surface area contributed by atoms with E-state index in [1.807, 2.05) is 0 Å². The van der Waals surface area contributed by atoms with E-state index in [2.05, 4.69) is 8.80 Å². The lowest BCUT2D eigenvalue weighted by molar-refractivity contribution is 0.596. The van der Waals surface area contributed by atoms with Crippen molar-refractivity contribution in [2.45, 2.75) is 23.6 Å². The number of benzene rings is 2. The van der Waals surface area contributed by atoms with E-state index in [9.17, 15) is 16.8 Å². The van der Waals surface area contributed by atoms with Gasteiger partial charge in [-0.3, -0.25) is 0 Å². The predicted molar refractivity (Wildman–Crippen MR) is 129 cm³/mol. The summed E-state index contributed by atoms with van der Waals surface area (Å²) in [6.07, 6.45) is 0. The zero-order valence-electron chi connectivity index (χ0n) is 16.5. The van der Waals surface area contributed by atoms with Gasteiger partial charge >= 0.3 is 0 Å². The zero-order chi connectivity index (χ0) is 23.8. The summed E-state index contributed by atoms with van der Waals surface area (Å²) >= 11 is 24.8. The molecule has 0 unspecified atom stereocenters. The Balaban J connectivity index is 2.11. The molecule has 1 aliphatic rings. The Morgan fingerprint density at radius 2 is 0.781 bits per heavy atom. The lowest BCUT2D eigenvalue weighted by Crippen LogP contribution is -2.18. The SMILES string of the molecule is Cc1ccc(S(=O)(=O)N=C2C(Cl)=C(Cl)C(=NS(=O)(=O)c3ccc(C)cc3)C(Cl)=C2Cl)cc1. The minimum atomic E-state index is -4.21. The van der Waals surface area contributed by atoms with Gasteiger partial charge in [0.2, 0.25) is 0 Å². The van der Waals surface area contributed by atoms with E-state index in [1.54, 1.807) is 38.1 Å². The fourth-order valence-corrected chi connectivity index (χ4v) is 5.75. The van der Waals surface area contributed by atoms with Crippen molar-refractivity contribution >= 4 is 77.9 Å². The number of nitrogens with zero attached hydrogens (tertiary/aromatic N) is 2. The molecule has 6 nitrogen and oxygen atoms in total. The molecule has 0 saturated heterocycles. The summed E-state index contributed by atoms with van der Waals surface area (Å²) in [6.45, 7) is 3.60. The van der Waals surface area contributed by atoms with Crippen molar-refractivity contribution in [1.29, 1.82) is 0 Å². The number of aryl methyl sites for hydroxylation is 2. The highest BCUT2D eigenvalue weighted by atomic mass is 35.5. The van der Waals surface area contributed by atoms with Gasteiger partial charge in [-0.05, 0) is 38.1 Å². The van der Waals surface area contributed by atoms with Gasteiger partial charge in [0.05, 0.1) is 29.9 Å². The Kier molecular flexibility index (Phi) is 7.24. The van der Waals surface area contributed by atoms with Gasteiger partial charge in [0.15, 0.2) is 0 Å². The fraction of sp³-hybridized carbons (Fsp3) is 0.100. The zero-order valence-corrected chi connectivity index (χ0v) is 21.1. The van der Waals surface area contributed by atoms with Gasteiger partial charge in [0.1, 0.15) is 11.4 Å². The van der Waals surface area contributed by atoms with E-state index < -0.39 is 51.6 Å². The second-order valence-electron chi connectivity index (χ2n) is 6.71. The highest BCUT2D eigenvalue weighted by Crippen LogP contribution is 2.36. The van der Waals surface area contributed by atoms with Crippen LogP contribution in [0.1, 0.15) is 11.1 Å². The molecule has 0 fully saturated rings. The number of hydrogen-bond donors (Lipinski definition) is 0. The third kappa shape index (κ3) is 5.11. The molecule has 1 aliphatic carbocycles. The molecule has 0 N–H and O–H groups in total. The van der Waals surface area contributed by atoms with Crippen LogP contribution in [0.2, 0.25) is 0 Å². The Bertz CT molecular complexity index is 1280. The fourth-order valence-electron chi connectivity index (χ4n) is 2.54. The summed E-state index contributed by atoms with van der Waals surface area (Å²) in [5, 5.41) is -1.63. The monoisotopic (exact) mass is 550 g/mol. The van der Waals surface area contributed by atoms with Crippen molar-refractivity contribution in [3.63, 3.8) is 0 Å². The molecule has 0 spiro atoms. The second-order valence-corrected chi connectivity index (χ2v) is 11.4. The van der Waals surface area contributed by atoms with Gasteiger partial charge in [0.25, 0.3) is 20.0 Å². The van der Waals surface area contributed by atoms with Crippen LogP contribution < -0.4 is 0 Å². The van der Waals surface area contributed by atoms with Gasteiger partial charge in [-0.25, -0.2) is 0 Å². The molecule has 12 heteroatoms. The lowest BCUT2D eigenvalue weighted by Gasteiger charge is -2.17. The number of rotatable bonds is 4. The predicted octanol–water partition coefficient (Wildman–Crippen LogP) is 5.66. The summed E-state index contributed by atoms with van der Waals surface area (Å²) in [5.41, 5.74) is 0.866. The molecular weight excluding hydrogens is 538 g/mol. The number of halogens is 4. The average Bonchev–Trinajstić information content (AvgIpc) is 2.73. The van der Waals surface area contributed by atoms with Crippen LogP contribution in [0.5, 0.6) is 0 Å². The van der Waals surface area contributed by atoms with Crippen molar-refractivity contribution in [3.05, 3.63) is 79.8 Å². The molecule has 0 atom stereocenters. The molecule has 0 saturated carbocycles. The van der Waals surface area contributed by atoms with Crippen molar-refractivity contribution in [3.8, 4) is 0 Å². The maximum atomic E-state index is 12.7. The highest BCUT2D eigenvalue weighted by molar-refractivity contribution is 7.90. The molecule has 0 aliphatic heterocycles. The first-order valence-corrected chi connectivity index (χ1v) is 13.2. The minimum Gasteiger partial charge on any atom is -0.199 e. The molecule has 0 aromatic heterocycles. The van der Waals surface area contributed by atoms with E-state index in [0.717, 1.165) is 11.1 Å². The van der Waals surface area contributed by atoms with Gasteiger partial charge < -0.3 is 0 Å². The van der Waals surface area contributed by atoms with Crippen molar-refractivity contribution in [1.82, 2.24) is 0 Å². The van der Waals surface area contributed by atoms with Gasteiger partial charge in [0, 0.05) is 0 Å². The quantitative estimate of drug-likeness (QED) is 0.458. The first kappa shape index (κ1) is 25.0.